The summed E-state index contributed by atoms with van der Waals surface area (Å²) in [5, 5.41) is 0. The molecule has 0 radical (unpaired) electrons. The van der Waals surface area contributed by atoms with Gasteiger partial charge in [-0.25, -0.2) is 4.79 Å². The molecule has 0 aliphatic carbocycles. The lowest BCUT2D eigenvalue weighted by Crippen LogP contribution is -2.25. The minimum Gasteiger partial charge on any atom is -0.464 e. The molecule has 0 aromatic rings. The van der Waals surface area contributed by atoms with E-state index in [1.807, 2.05) is 21.0 Å². The van der Waals surface area contributed by atoms with Crippen LogP contribution in [0.15, 0.2) is 6.08 Å². The molecule has 4 nitrogen and oxygen atoms in total. The van der Waals surface area contributed by atoms with Crippen molar-refractivity contribution in [3.8, 4) is 0 Å². The Kier molecular flexibility index (Phi) is 6.72. The van der Waals surface area contributed by atoms with Gasteiger partial charge in [0.05, 0.1) is 12.7 Å². The highest BCUT2D eigenvalue weighted by Gasteiger charge is 2.17. The number of hydrogen-bond donors (Lipinski definition) is 0. The number of hydrogen-bond acceptors (Lipinski definition) is 3. The van der Waals surface area contributed by atoms with E-state index < -0.39 is 6.10 Å². The van der Waals surface area contributed by atoms with Crippen molar-refractivity contribution in [2.45, 2.75) is 20.0 Å². The van der Waals surface area contributed by atoms with E-state index >= 15 is 0 Å². The summed E-state index contributed by atoms with van der Waals surface area (Å²) in [4.78, 5) is 11.3. The maximum Gasteiger partial charge on any atom is 0.340 e. The van der Waals surface area contributed by atoms with E-state index in [2.05, 4.69) is 5.87 Å². The first-order chi connectivity index (χ1) is 6.61. The number of carbonyl (C=O) groups excluding carboxylic acids is 1. The zero-order chi connectivity index (χ0) is 11.0. The number of ether oxygens (including phenoxy) is 2. The van der Waals surface area contributed by atoms with Crippen LogP contribution in [-0.4, -0.2) is 49.8 Å². The van der Waals surface area contributed by atoms with Crippen LogP contribution in [0.25, 0.3) is 0 Å². The molecule has 0 aromatic heterocycles. The highest BCUT2D eigenvalue weighted by atomic mass is 16.6. The molecule has 0 fully saturated rings. The Morgan fingerprint density at radius 3 is 2.50 bits per heavy atom. The fourth-order valence-electron chi connectivity index (χ4n) is 0.805. The monoisotopic (exact) mass is 200 g/mol. The second-order valence-electron chi connectivity index (χ2n) is 2.82. The molecule has 4 heteroatoms. The van der Waals surface area contributed by atoms with Gasteiger partial charge in [-0.15, -0.1) is 0 Å². The second-order valence-corrected chi connectivity index (χ2v) is 2.82. The van der Waals surface area contributed by atoms with Crippen molar-refractivity contribution in [1.82, 2.24) is 0 Å². The summed E-state index contributed by atoms with van der Waals surface area (Å²) < 4.78 is 11.7. The van der Waals surface area contributed by atoms with Crippen molar-refractivity contribution in [3.63, 3.8) is 0 Å². The van der Waals surface area contributed by atoms with Gasteiger partial charge in [-0.1, -0.05) is 0 Å². The molecule has 0 rings (SSSR count). The van der Waals surface area contributed by atoms with Crippen LogP contribution in [0.4, 0.5) is 0 Å². The zero-order valence-corrected chi connectivity index (χ0v) is 9.24. The minimum absolute atomic E-state index is 0.359. The Labute approximate surface area is 84.8 Å². The maximum absolute atomic E-state index is 11.3. The zero-order valence-electron chi connectivity index (χ0n) is 9.24. The number of rotatable bonds is 5. The van der Waals surface area contributed by atoms with Crippen LogP contribution in [0.1, 0.15) is 13.8 Å². The summed E-state index contributed by atoms with van der Waals surface area (Å²) in [5.41, 5.74) is 0. The van der Waals surface area contributed by atoms with Crippen LogP contribution >= 0.6 is 0 Å². The van der Waals surface area contributed by atoms with Gasteiger partial charge in [-0.05, 0) is 13.8 Å². The van der Waals surface area contributed by atoms with Crippen LogP contribution in [0, 0.1) is 0 Å². The van der Waals surface area contributed by atoms with Crippen molar-refractivity contribution in [1.29, 1.82) is 0 Å². The highest BCUT2D eigenvalue weighted by molar-refractivity contribution is 5.79. The SMILES string of the molecule is CCOC(=O)C(C=C=[N+](C)C)OCC. The van der Waals surface area contributed by atoms with Crippen molar-refractivity contribution in [2.24, 2.45) is 0 Å². The fraction of sp³-hybridized carbons (Fsp3) is 0.700. The standard InChI is InChI=1S/C10H18NO3/c1-5-13-9(7-8-11(3)4)10(12)14-6-2/h7,9H,5-6H2,1-4H3/q+1. The van der Waals surface area contributed by atoms with E-state index in [4.69, 9.17) is 9.47 Å². The van der Waals surface area contributed by atoms with Crippen molar-refractivity contribution in [2.75, 3.05) is 27.3 Å². The largest absolute Gasteiger partial charge is 0.464 e. The van der Waals surface area contributed by atoms with E-state index in [-0.39, 0.29) is 5.97 Å². The molecule has 0 heterocycles. The van der Waals surface area contributed by atoms with Gasteiger partial charge in [0.15, 0.2) is 12.0 Å². The molecule has 0 amide bonds. The first kappa shape index (κ1) is 12.9. The van der Waals surface area contributed by atoms with Gasteiger partial charge in [0.25, 0.3) is 0 Å². The van der Waals surface area contributed by atoms with Crippen LogP contribution in [0.3, 0.4) is 0 Å². The topological polar surface area (TPSA) is 38.5 Å². The molecule has 0 spiro atoms. The lowest BCUT2D eigenvalue weighted by molar-refractivity contribution is -0.456. The Morgan fingerprint density at radius 2 is 2.07 bits per heavy atom. The van der Waals surface area contributed by atoms with E-state index in [1.165, 1.54) is 0 Å². The average molecular weight is 200 g/mol. The van der Waals surface area contributed by atoms with Gasteiger partial charge in [-0.2, -0.15) is 4.58 Å². The van der Waals surface area contributed by atoms with Gasteiger partial charge in [0.1, 0.15) is 14.1 Å². The molecule has 80 valence electrons. The summed E-state index contributed by atoms with van der Waals surface area (Å²) in [6, 6.07) is 0. The Bertz CT molecular complexity index is 238. The molecule has 0 aliphatic heterocycles. The third kappa shape index (κ3) is 5.51. The van der Waals surface area contributed by atoms with Gasteiger partial charge in [-0.3, -0.25) is 0 Å². The Hall–Kier alpha value is -1.12. The highest BCUT2D eigenvalue weighted by Crippen LogP contribution is 1.96. The van der Waals surface area contributed by atoms with Crippen LogP contribution < -0.4 is 0 Å². The lowest BCUT2D eigenvalue weighted by atomic mass is 10.3. The summed E-state index contributed by atoms with van der Waals surface area (Å²) in [7, 11) is 3.65. The third-order valence-electron chi connectivity index (χ3n) is 1.35. The number of carbonyl (C=O) groups is 1. The first-order valence-electron chi connectivity index (χ1n) is 4.66. The molecule has 0 saturated carbocycles. The number of nitrogens with zero attached hydrogens (tertiary/aromatic N) is 1. The van der Waals surface area contributed by atoms with Crippen molar-refractivity contribution in [3.05, 3.63) is 6.08 Å². The normalized spacial score (nSPS) is 11.4. The summed E-state index contributed by atoms with van der Waals surface area (Å²) in [6.07, 6.45) is 0.906. The molecular formula is C10H18NO3+. The van der Waals surface area contributed by atoms with E-state index in [0.29, 0.717) is 13.2 Å². The lowest BCUT2D eigenvalue weighted by Gasteiger charge is -2.09. The van der Waals surface area contributed by atoms with Crippen LogP contribution in [-0.2, 0) is 14.3 Å². The third-order valence-corrected chi connectivity index (χ3v) is 1.35. The van der Waals surface area contributed by atoms with Gasteiger partial charge >= 0.3 is 5.97 Å². The van der Waals surface area contributed by atoms with Crippen molar-refractivity contribution < 1.29 is 18.8 Å². The molecular weight excluding hydrogens is 182 g/mol. The summed E-state index contributed by atoms with van der Waals surface area (Å²) >= 11 is 0. The first-order valence-corrected chi connectivity index (χ1v) is 4.66. The van der Waals surface area contributed by atoms with Crippen LogP contribution in [0.2, 0.25) is 0 Å². The quantitative estimate of drug-likeness (QED) is 0.367. The smallest absolute Gasteiger partial charge is 0.340 e. The molecule has 0 saturated heterocycles. The molecule has 0 aliphatic rings. The summed E-state index contributed by atoms with van der Waals surface area (Å²) in [5.74, 6) is 2.48. The number of esters is 1. The predicted octanol–water partition coefficient (Wildman–Crippen LogP) is 0.453. The predicted molar refractivity (Wildman–Crippen MR) is 53.7 cm³/mol. The molecule has 1 unspecified atom stereocenters. The van der Waals surface area contributed by atoms with E-state index in [0.717, 1.165) is 0 Å². The van der Waals surface area contributed by atoms with E-state index in [1.54, 1.807) is 17.6 Å². The fourth-order valence-corrected chi connectivity index (χ4v) is 0.805. The Balaban J connectivity index is 4.43. The van der Waals surface area contributed by atoms with Crippen LogP contribution in [0.5, 0.6) is 0 Å². The van der Waals surface area contributed by atoms with Gasteiger partial charge in [0, 0.05) is 6.61 Å². The molecule has 0 bridgehead atoms. The molecule has 0 aromatic carbocycles. The van der Waals surface area contributed by atoms with Crippen molar-refractivity contribution >= 4 is 11.8 Å². The van der Waals surface area contributed by atoms with Gasteiger partial charge in [0.2, 0.25) is 0 Å². The average Bonchev–Trinajstić information content (AvgIpc) is 2.12. The second kappa shape index (κ2) is 7.30. The summed E-state index contributed by atoms with van der Waals surface area (Å²) in [6.45, 7) is 4.42. The van der Waals surface area contributed by atoms with E-state index in [9.17, 15) is 4.79 Å². The molecule has 1 atom stereocenters. The molecule has 0 N–H and O–H groups in total. The minimum atomic E-state index is -0.651. The maximum atomic E-state index is 11.3. The Morgan fingerprint density at radius 1 is 1.43 bits per heavy atom. The van der Waals surface area contributed by atoms with Gasteiger partial charge < -0.3 is 9.47 Å². The molecule has 14 heavy (non-hydrogen) atoms.